The first-order valence-corrected chi connectivity index (χ1v) is 10.1. The second-order valence-electron chi connectivity index (χ2n) is 5.61. The minimum Gasteiger partial charge on any atom is -0.497 e. The van der Waals surface area contributed by atoms with Crippen LogP contribution in [0.3, 0.4) is 0 Å². The van der Waals surface area contributed by atoms with Gasteiger partial charge in [-0.05, 0) is 24.3 Å². The Morgan fingerprint density at radius 2 is 1.67 bits per heavy atom. The zero-order valence-electron chi connectivity index (χ0n) is 16.1. The van der Waals surface area contributed by atoms with Gasteiger partial charge in [-0.2, -0.15) is 13.2 Å². The molecule has 3 aromatic rings. The average molecular weight is 446 g/mol. The van der Waals surface area contributed by atoms with E-state index >= 15 is 0 Å². The molecule has 3 rings (SSSR count). The van der Waals surface area contributed by atoms with Gasteiger partial charge < -0.3 is 9.15 Å². The molecule has 30 heavy (non-hydrogen) atoms. The summed E-state index contributed by atoms with van der Waals surface area (Å²) in [5, 5.41) is 5.00. The lowest BCUT2D eigenvalue weighted by molar-refractivity contribution is -0.156. The van der Waals surface area contributed by atoms with Crippen molar-refractivity contribution in [2.75, 3.05) is 7.11 Å². The van der Waals surface area contributed by atoms with E-state index in [0.29, 0.717) is 0 Å². The summed E-state index contributed by atoms with van der Waals surface area (Å²) in [4.78, 5) is 3.19. The van der Waals surface area contributed by atoms with Gasteiger partial charge in [0.15, 0.2) is 5.76 Å². The summed E-state index contributed by atoms with van der Waals surface area (Å²) in [6, 6.07) is 8.12. The Bertz CT molecular complexity index is 1120. The number of hydrogen-bond donors (Lipinski definition) is 1. The Morgan fingerprint density at radius 3 is 2.13 bits per heavy atom. The number of benzene rings is 2. The number of nitrogens with zero attached hydrogens (tertiary/aromatic N) is 1. The second kappa shape index (κ2) is 8.84. The highest BCUT2D eigenvalue weighted by Gasteiger charge is 2.39. The molecule has 0 aliphatic carbocycles. The predicted molar refractivity (Wildman–Crippen MR) is 102 cm³/mol. The fourth-order valence-electron chi connectivity index (χ4n) is 2.43. The molecule has 11 heteroatoms. The fourth-order valence-corrected chi connectivity index (χ4v) is 2.94. The summed E-state index contributed by atoms with van der Waals surface area (Å²) in [5.74, 6) is -2.75. The van der Waals surface area contributed by atoms with E-state index in [0.717, 1.165) is 18.2 Å². The summed E-state index contributed by atoms with van der Waals surface area (Å²) in [7, 11) is -2.69. The van der Waals surface area contributed by atoms with Crippen LogP contribution in [0, 0.1) is 5.82 Å². The van der Waals surface area contributed by atoms with Crippen LogP contribution in [0.25, 0.3) is 22.6 Å². The lowest BCUT2D eigenvalue weighted by Crippen LogP contribution is -2.11. The van der Waals surface area contributed by atoms with Crippen LogP contribution in [-0.2, 0) is 16.2 Å². The molecule has 0 amide bonds. The van der Waals surface area contributed by atoms with Crippen molar-refractivity contribution in [3.05, 3.63) is 54.2 Å². The van der Waals surface area contributed by atoms with E-state index in [1.165, 1.54) is 31.4 Å². The van der Waals surface area contributed by atoms with Crippen LogP contribution in [0.2, 0.25) is 0 Å². The number of hydrogen-bond acceptors (Lipinski definition) is 5. The van der Waals surface area contributed by atoms with E-state index in [2.05, 4.69) is 4.98 Å². The number of ether oxygens (including phenoxy) is 1. The van der Waals surface area contributed by atoms with Crippen molar-refractivity contribution in [3.63, 3.8) is 0 Å². The van der Waals surface area contributed by atoms with Crippen LogP contribution in [0.15, 0.2) is 51.8 Å². The van der Waals surface area contributed by atoms with Crippen molar-refractivity contribution in [1.82, 2.24) is 4.98 Å². The third kappa shape index (κ3) is 4.97. The summed E-state index contributed by atoms with van der Waals surface area (Å²) in [6.07, 6.45) is -4.91. The van der Waals surface area contributed by atoms with Gasteiger partial charge in [0.05, 0.1) is 17.6 Å². The maximum Gasteiger partial charge on any atom is 0.468 e. The zero-order chi connectivity index (χ0) is 22.7. The van der Waals surface area contributed by atoms with Gasteiger partial charge in [-0.1, -0.05) is 26.0 Å². The van der Waals surface area contributed by atoms with Gasteiger partial charge in [-0.25, -0.2) is 22.9 Å². The van der Waals surface area contributed by atoms with Crippen molar-refractivity contribution >= 4 is 10.0 Å². The maximum absolute atomic E-state index is 14.4. The van der Waals surface area contributed by atoms with E-state index in [1.807, 2.05) is 13.8 Å². The first-order chi connectivity index (χ1) is 14.0. The summed E-state index contributed by atoms with van der Waals surface area (Å²) in [6.45, 7) is 4.00. The quantitative estimate of drug-likeness (QED) is 0.578. The lowest BCUT2D eigenvalue weighted by Gasteiger charge is -2.06. The molecule has 0 spiro atoms. The van der Waals surface area contributed by atoms with Gasteiger partial charge >= 0.3 is 12.1 Å². The number of rotatable bonds is 4. The molecule has 0 saturated heterocycles. The van der Waals surface area contributed by atoms with Gasteiger partial charge in [0.2, 0.25) is 10.0 Å². The standard InChI is InChI=1S/C17H12F4N2O4S.C2H6/c1-26-10-4-7-12(13(18)8-10)15-14(23-16(27-15)17(19,20)21)9-2-5-11(6-3-9)28(22,24)25;1-2/h2-8H,1H3,(H2,22,24,25);1-2H3. The van der Waals surface area contributed by atoms with Gasteiger partial charge in [0.1, 0.15) is 17.3 Å². The molecule has 0 aliphatic rings. The van der Waals surface area contributed by atoms with Crippen molar-refractivity contribution in [3.8, 4) is 28.3 Å². The number of nitrogens with two attached hydrogens (primary N) is 1. The fraction of sp³-hybridized carbons (Fsp3) is 0.211. The highest BCUT2D eigenvalue weighted by molar-refractivity contribution is 7.89. The van der Waals surface area contributed by atoms with Gasteiger partial charge in [0.25, 0.3) is 0 Å². The molecular weight excluding hydrogens is 428 g/mol. The molecule has 0 bridgehead atoms. The highest BCUT2D eigenvalue weighted by Crippen LogP contribution is 2.39. The Morgan fingerprint density at radius 1 is 1.07 bits per heavy atom. The largest absolute Gasteiger partial charge is 0.497 e. The topological polar surface area (TPSA) is 95.4 Å². The molecule has 2 N–H and O–H groups in total. The first-order valence-electron chi connectivity index (χ1n) is 8.56. The van der Waals surface area contributed by atoms with E-state index < -0.39 is 33.7 Å². The lowest BCUT2D eigenvalue weighted by atomic mass is 10.1. The molecular formula is C19H18F4N2O4S. The molecule has 162 valence electrons. The molecule has 0 saturated carbocycles. The monoisotopic (exact) mass is 446 g/mol. The van der Waals surface area contributed by atoms with E-state index in [9.17, 15) is 26.0 Å². The molecule has 0 radical (unpaired) electrons. The minimum absolute atomic E-state index is 0.0804. The van der Waals surface area contributed by atoms with Crippen LogP contribution >= 0.6 is 0 Å². The Labute approximate surface area is 170 Å². The predicted octanol–water partition coefficient (Wildman–Crippen LogP) is 4.85. The third-order valence-corrected chi connectivity index (χ3v) is 4.68. The molecule has 0 atom stereocenters. The van der Waals surface area contributed by atoms with Crippen molar-refractivity contribution < 1.29 is 35.1 Å². The first kappa shape index (κ1) is 23.4. The number of oxazole rings is 1. The van der Waals surface area contributed by atoms with Crippen molar-refractivity contribution in [2.45, 2.75) is 24.9 Å². The number of alkyl halides is 3. The zero-order valence-corrected chi connectivity index (χ0v) is 16.9. The third-order valence-electron chi connectivity index (χ3n) is 3.75. The number of primary sulfonamides is 1. The number of sulfonamides is 1. The normalized spacial score (nSPS) is 11.6. The molecule has 1 aromatic heterocycles. The van der Waals surface area contributed by atoms with E-state index in [4.69, 9.17) is 14.3 Å². The van der Waals surface area contributed by atoms with Crippen LogP contribution < -0.4 is 9.88 Å². The molecule has 0 unspecified atom stereocenters. The Kier molecular flexibility index (Phi) is 6.88. The van der Waals surface area contributed by atoms with Gasteiger partial charge in [-0.15, -0.1) is 0 Å². The van der Waals surface area contributed by atoms with Crippen LogP contribution in [0.4, 0.5) is 17.6 Å². The minimum atomic E-state index is -4.91. The van der Waals surface area contributed by atoms with E-state index in [-0.39, 0.29) is 27.5 Å². The maximum atomic E-state index is 14.4. The highest BCUT2D eigenvalue weighted by atomic mass is 32.2. The van der Waals surface area contributed by atoms with Crippen LogP contribution in [0.1, 0.15) is 19.7 Å². The van der Waals surface area contributed by atoms with Crippen LogP contribution in [-0.4, -0.2) is 20.5 Å². The smallest absolute Gasteiger partial charge is 0.468 e. The molecule has 0 aliphatic heterocycles. The Hall–Kier alpha value is -2.92. The Balaban J connectivity index is 0.00000155. The summed E-state index contributed by atoms with van der Waals surface area (Å²) in [5.41, 5.74) is -0.497. The summed E-state index contributed by atoms with van der Waals surface area (Å²) >= 11 is 0. The number of aromatic nitrogens is 1. The van der Waals surface area contributed by atoms with Crippen molar-refractivity contribution in [2.24, 2.45) is 5.14 Å². The second-order valence-corrected chi connectivity index (χ2v) is 7.17. The van der Waals surface area contributed by atoms with E-state index in [1.54, 1.807) is 0 Å². The number of methoxy groups -OCH3 is 1. The molecule has 6 nitrogen and oxygen atoms in total. The SMILES string of the molecule is CC.COc1ccc(-c2oc(C(F)(F)F)nc2-c2ccc(S(N)(=O)=O)cc2)c(F)c1. The molecule has 1 heterocycles. The van der Waals surface area contributed by atoms with Gasteiger partial charge in [-0.3, -0.25) is 0 Å². The van der Waals surface area contributed by atoms with Gasteiger partial charge in [0, 0.05) is 11.6 Å². The van der Waals surface area contributed by atoms with Crippen LogP contribution in [0.5, 0.6) is 5.75 Å². The van der Waals surface area contributed by atoms with Crippen molar-refractivity contribution in [1.29, 1.82) is 0 Å². The number of halogens is 4. The molecule has 0 fully saturated rings. The molecule has 2 aromatic carbocycles. The average Bonchev–Trinajstić information content (AvgIpc) is 3.14. The summed E-state index contributed by atoms with van der Waals surface area (Å²) < 4.78 is 86.0.